The summed E-state index contributed by atoms with van der Waals surface area (Å²) >= 11 is 0. The molecule has 0 atom stereocenters. The quantitative estimate of drug-likeness (QED) is 0.452. The first-order valence-corrected chi connectivity index (χ1v) is 12.5. The molecule has 2 amide bonds. The van der Waals surface area contributed by atoms with E-state index in [1.54, 1.807) is 17.0 Å². The highest BCUT2D eigenvalue weighted by Crippen LogP contribution is 2.29. The van der Waals surface area contributed by atoms with Crippen molar-refractivity contribution in [3.05, 3.63) is 95.9 Å². The monoisotopic (exact) mass is 473 g/mol. The van der Waals surface area contributed by atoms with Gasteiger partial charge in [-0.1, -0.05) is 74.5 Å². The van der Waals surface area contributed by atoms with E-state index in [9.17, 15) is 9.59 Å². The lowest BCUT2D eigenvalue weighted by Gasteiger charge is -2.40. The molecule has 1 saturated heterocycles. The fourth-order valence-corrected chi connectivity index (χ4v) is 4.78. The topological polar surface area (TPSA) is 57.0 Å². The third-order valence-electron chi connectivity index (χ3n) is 6.46. The van der Waals surface area contributed by atoms with Crippen molar-refractivity contribution < 1.29 is 14.0 Å². The molecule has 1 aliphatic heterocycles. The summed E-state index contributed by atoms with van der Waals surface area (Å²) in [4.78, 5) is 32.0. The SMILES string of the molecule is CC(C)CN(CCC(=O)N1CCN(C(c2ccccc2)c2ccccc2)CC1)C(=O)c1ccco1. The molecular formula is C29H35N3O3. The predicted octanol–water partition coefficient (Wildman–Crippen LogP) is 4.70. The van der Waals surface area contributed by atoms with Crippen LogP contribution in [0, 0.1) is 5.92 Å². The Morgan fingerprint density at radius 3 is 1.97 bits per heavy atom. The van der Waals surface area contributed by atoms with Crippen LogP contribution in [0.5, 0.6) is 0 Å². The maximum absolute atomic E-state index is 13.1. The highest BCUT2D eigenvalue weighted by atomic mass is 16.3. The van der Waals surface area contributed by atoms with Crippen LogP contribution in [0.25, 0.3) is 0 Å². The van der Waals surface area contributed by atoms with Crippen molar-refractivity contribution in [2.24, 2.45) is 5.92 Å². The van der Waals surface area contributed by atoms with Crippen LogP contribution in [0.15, 0.2) is 83.5 Å². The highest BCUT2D eigenvalue weighted by molar-refractivity contribution is 5.91. The van der Waals surface area contributed by atoms with Crippen molar-refractivity contribution in [2.75, 3.05) is 39.3 Å². The van der Waals surface area contributed by atoms with Crippen LogP contribution in [-0.4, -0.2) is 65.8 Å². The molecule has 2 heterocycles. The zero-order chi connectivity index (χ0) is 24.6. The molecule has 0 radical (unpaired) electrons. The number of rotatable bonds is 9. The molecule has 0 N–H and O–H groups in total. The number of furan rings is 1. The van der Waals surface area contributed by atoms with E-state index in [1.807, 2.05) is 17.0 Å². The van der Waals surface area contributed by atoms with Gasteiger partial charge in [0.15, 0.2) is 5.76 Å². The first-order chi connectivity index (χ1) is 17.0. The summed E-state index contributed by atoms with van der Waals surface area (Å²) < 4.78 is 5.30. The van der Waals surface area contributed by atoms with Crippen molar-refractivity contribution in [2.45, 2.75) is 26.3 Å². The number of piperazine rings is 1. The van der Waals surface area contributed by atoms with Gasteiger partial charge in [0.05, 0.1) is 12.3 Å². The van der Waals surface area contributed by atoms with Crippen LogP contribution in [0.4, 0.5) is 0 Å². The van der Waals surface area contributed by atoms with Gasteiger partial charge in [0.25, 0.3) is 5.91 Å². The zero-order valence-electron chi connectivity index (χ0n) is 20.7. The molecule has 0 spiro atoms. The van der Waals surface area contributed by atoms with E-state index < -0.39 is 0 Å². The second-order valence-electron chi connectivity index (χ2n) is 9.51. The van der Waals surface area contributed by atoms with E-state index in [4.69, 9.17) is 4.42 Å². The number of carbonyl (C=O) groups excluding carboxylic acids is 2. The minimum atomic E-state index is -0.158. The molecule has 3 aromatic rings. The Balaban J connectivity index is 1.36. The van der Waals surface area contributed by atoms with Gasteiger partial charge >= 0.3 is 0 Å². The second-order valence-corrected chi connectivity index (χ2v) is 9.51. The van der Waals surface area contributed by atoms with Gasteiger partial charge < -0.3 is 14.2 Å². The van der Waals surface area contributed by atoms with Crippen LogP contribution in [0.3, 0.4) is 0 Å². The molecular weight excluding hydrogens is 438 g/mol. The van der Waals surface area contributed by atoms with E-state index in [2.05, 4.69) is 67.3 Å². The van der Waals surface area contributed by atoms with Crippen molar-refractivity contribution >= 4 is 11.8 Å². The van der Waals surface area contributed by atoms with Crippen LogP contribution in [0.1, 0.15) is 48.0 Å². The number of hydrogen-bond acceptors (Lipinski definition) is 4. The Kier molecular flexibility index (Phi) is 8.37. The average Bonchev–Trinajstić information content (AvgIpc) is 3.43. The van der Waals surface area contributed by atoms with Gasteiger partial charge in [0, 0.05) is 45.7 Å². The summed E-state index contributed by atoms with van der Waals surface area (Å²) in [6.07, 6.45) is 1.82. The molecule has 1 aliphatic rings. The molecule has 0 saturated carbocycles. The summed E-state index contributed by atoms with van der Waals surface area (Å²) in [5.74, 6) is 0.566. The summed E-state index contributed by atoms with van der Waals surface area (Å²) in [5.41, 5.74) is 2.53. The zero-order valence-corrected chi connectivity index (χ0v) is 20.7. The molecule has 6 heteroatoms. The number of nitrogens with zero attached hydrogens (tertiary/aromatic N) is 3. The van der Waals surface area contributed by atoms with Gasteiger partial charge in [-0.15, -0.1) is 0 Å². The lowest BCUT2D eigenvalue weighted by molar-refractivity contribution is -0.133. The second kappa shape index (κ2) is 11.8. The van der Waals surface area contributed by atoms with Crippen molar-refractivity contribution in [3.63, 3.8) is 0 Å². The largest absolute Gasteiger partial charge is 0.459 e. The van der Waals surface area contributed by atoms with Gasteiger partial charge in [-0.05, 0) is 29.2 Å². The van der Waals surface area contributed by atoms with E-state index in [-0.39, 0.29) is 17.9 Å². The van der Waals surface area contributed by atoms with Gasteiger partial charge in [-0.2, -0.15) is 0 Å². The Morgan fingerprint density at radius 1 is 0.857 bits per heavy atom. The van der Waals surface area contributed by atoms with Crippen molar-refractivity contribution in [3.8, 4) is 0 Å². The van der Waals surface area contributed by atoms with Gasteiger partial charge in [0.1, 0.15) is 0 Å². The molecule has 0 aliphatic carbocycles. The minimum absolute atomic E-state index is 0.0987. The summed E-state index contributed by atoms with van der Waals surface area (Å²) in [6, 6.07) is 24.7. The fourth-order valence-electron chi connectivity index (χ4n) is 4.78. The molecule has 4 rings (SSSR count). The molecule has 35 heavy (non-hydrogen) atoms. The maximum Gasteiger partial charge on any atom is 0.289 e. The molecule has 0 bridgehead atoms. The molecule has 2 aromatic carbocycles. The van der Waals surface area contributed by atoms with Crippen molar-refractivity contribution in [1.29, 1.82) is 0 Å². The lowest BCUT2D eigenvalue weighted by atomic mass is 9.96. The third-order valence-corrected chi connectivity index (χ3v) is 6.46. The van der Waals surface area contributed by atoms with Gasteiger partial charge in [0.2, 0.25) is 5.91 Å². The molecule has 184 valence electrons. The number of benzene rings is 2. The molecule has 1 aromatic heterocycles. The van der Waals surface area contributed by atoms with Crippen LogP contribution in [-0.2, 0) is 4.79 Å². The van der Waals surface area contributed by atoms with Gasteiger partial charge in [-0.3, -0.25) is 14.5 Å². The molecule has 1 fully saturated rings. The minimum Gasteiger partial charge on any atom is -0.459 e. The maximum atomic E-state index is 13.1. The Labute approximate surface area is 208 Å². The van der Waals surface area contributed by atoms with E-state index >= 15 is 0 Å². The molecule has 0 unspecified atom stereocenters. The highest BCUT2D eigenvalue weighted by Gasteiger charge is 2.28. The first kappa shape index (κ1) is 24.7. The van der Waals surface area contributed by atoms with Crippen molar-refractivity contribution in [1.82, 2.24) is 14.7 Å². The lowest BCUT2D eigenvalue weighted by Crippen LogP contribution is -2.50. The standard InChI is InChI=1S/C29H35N3O3/c1-23(2)22-32(29(34)26-14-9-21-35-26)16-15-27(33)30-17-19-31(20-18-30)28(24-10-5-3-6-11-24)25-12-7-4-8-13-25/h3-14,21,23,28H,15-20,22H2,1-2H3. The third kappa shape index (κ3) is 6.40. The average molecular weight is 474 g/mol. The summed E-state index contributed by atoms with van der Waals surface area (Å²) in [5, 5.41) is 0. The normalized spacial score (nSPS) is 14.5. The van der Waals surface area contributed by atoms with Crippen LogP contribution >= 0.6 is 0 Å². The Hall–Kier alpha value is -3.38. The molecule has 6 nitrogen and oxygen atoms in total. The van der Waals surface area contributed by atoms with Crippen LogP contribution in [0.2, 0.25) is 0 Å². The number of carbonyl (C=O) groups is 2. The Bertz CT molecular complexity index is 1020. The predicted molar refractivity (Wildman–Crippen MR) is 137 cm³/mol. The van der Waals surface area contributed by atoms with E-state index in [1.165, 1.54) is 17.4 Å². The van der Waals surface area contributed by atoms with E-state index in [0.29, 0.717) is 44.3 Å². The number of amides is 2. The van der Waals surface area contributed by atoms with Gasteiger partial charge in [-0.25, -0.2) is 0 Å². The summed E-state index contributed by atoms with van der Waals surface area (Å²) in [7, 11) is 0. The van der Waals surface area contributed by atoms with E-state index in [0.717, 1.165) is 13.1 Å². The smallest absolute Gasteiger partial charge is 0.289 e. The number of hydrogen-bond donors (Lipinski definition) is 0. The summed E-state index contributed by atoms with van der Waals surface area (Å²) in [6.45, 7) is 8.11. The first-order valence-electron chi connectivity index (χ1n) is 12.5. The van der Waals surface area contributed by atoms with Crippen LogP contribution < -0.4 is 0 Å². The fraction of sp³-hybridized carbons (Fsp3) is 0.379. The Morgan fingerprint density at radius 2 is 1.46 bits per heavy atom.